The zero-order chi connectivity index (χ0) is 13.8. The molecule has 0 bridgehead atoms. The third kappa shape index (κ3) is 2.76. The van der Waals surface area contributed by atoms with Crippen molar-refractivity contribution in [3.8, 4) is 11.3 Å². The minimum Gasteiger partial charge on any atom is -0.461 e. The van der Waals surface area contributed by atoms with E-state index in [1.165, 1.54) is 0 Å². The maximum absolute atomic E-state index is 11.8. The van der Waals surface area contributed by atoms with Crippen molar-refractivity contribution < 1.29 is 9.53 Å². The van der Waals surface area contributed by atoms with Crippen LogP contribution in [-0.2, 0) is 11.2 Å². The van der Waals surface area contributed by atoms with Gasteiger partial charge >= 0.3 is 5.97 Å². The molecule has 0 aliphatic rings. The molecule has 6 heteroatoms. The summed E-state index contributed by atoms with van der Waals surface area (Å²) >= 11 is 5.97. The number of ether oxygens (including phenoxy) is 1. The number of hydrogen-bond acceptors (Lipinski definition) is 4. The van der Waals surface area contributed by atoms with Gasteiger partial charge in [0.05, 0.1) is 6.61 Å². The molecule has 1 N–H and O–H groups in total. The summed E-state index contributed by atoms with van der Waals surface area (Å²) in [6, 6.07) is 5.46. The minimum absolute atomic E-state index is 0.193. The first-order chi connectivity index (χ1) is 9.17. The first-order valence-corrected chi connectivity index (χ1v) is 6.41. The van der Waals surface area contributed by atoms with E-state index in [2.05, 4.69) is 15.4 Å². The predicted molar refractivity (Wildman–Crippen MR) is 72.2 cm³/mol. The van der Waals surface area contributed by atoms with Gasteiger partial charge in [-0.05, 0) is 31.0 Å². The van der Waals surface area contributed by atoms with Crippen molar-refractivity contribution in [1.82, 2.24) is 15.4 Å². The fourth-order valence-corrected chi connectivity index (χ4v) is 2.04. The Bertz CT molecular complexity index is 595. The number of aromatic nitrogens is 3. The number of esters is 1. The van der Waals surface area contributed by atoms with Crippen molar-refractivity contribution in [3.05, 3.63) is 34.5 Å². The molecular formula is C13H14ClN3O2. The van der Waals surface area contributed by atoms with Gasteiger partial charge in [-0.2, -0.15) is 10.3 Å². The molecule has 19 heavy (non-hydrogen) atoms. The SMILES string of the molecule is CCOC(=O)c1n[nH]nc1-c1ccc(Cl)cc1CC. The molecule has 1 heterocycles. The normalized spacial score (nSPS) is 10.5. The number of benzene rings is 1. The van der Waals surface area contributed by atoms with Gasteiger partial charge in [0.25, 0.3) is 0 Å². The highest BCUT2D eigenvalue weighted by Crippen LogP contribution is 2.27. The Hall–Kier alpha value is -1.88. The third-order valence-corrected chi connectivity index (χ3v) is 2.96. The Morgan fingerprint density at radius 3 is 2.84 bits per heavy atom. The molecule has 5 nitrogen and oxygen atoms in total. The Kier molecular flexibility index (Phi) is 4.16. The highest BCUT2D eigenvalue weighted by molar-refractivity contribution is 6.30. The maximum Gasteiger partial charge on any atom is 0.361 e. The molecule has 100 valence electrons. The van der Waals surface area contributed by atoms with E-state index in [0.29, 0.717) is 17.3 Å². The summed E-state index contributed by atoms with van der Waals surface area (Å²) in [7, 11) is 0. The van der Waals surface area contributed by atoms with Crippen molar-refractivity contribution in [1.29, 1.82) is 0 Å². The van der Waals surface area contributed by atoms with Crippen LogP contribution >= 0.6 is 11.6 Å². The first kappa shape index (κ1) is 13.5. The molecule has 0 spiro atoms. The highest BCUT2D eigenvalue weighted by Gasteiger charge is 2.20. The Labute approximate surface area is 115 Å². The van der Waals surface area contributed by atoms with E-state index in [-0.39, 0.29) is 5.69 Å². The van der Waals surface area contributed by atoms with Gasteiger partial charge in [0.15, 0.2) is 5.69 Å². The Morgan fingerprint density at radius 2 is 2.16 bits per heavy atom. The summed E-state index contributed by atoms with van der Waals surface area (Å²) in [5, 5.41) is 11.0. The summed E-state index contributed by atoms with van der Waals surface area (Å²) in [5.41, 5.74) is 2.53. The molecule has 0 fully saturated rings. The predicted octanol–water partition coefficient (Wildman–Crippen LogP) is 2.86. The second kappa shape index (κ2) is 5.84. The Morgan fingerprint density at radius 1 is 1.37 bits per heavy atom. The van der Waals surface area contributed by atoms with E-state index in [4.69, 9.17) is 16.3 Å². The summed E-state index contributed by atoms with van der Waals surface area (Å²) < 4.78 is 4.96. The number of aryl methyl sites for hydroxylation is 1. The highest BCUT2D eigenvalue weighted by atomic mass is 35.5. The number of halogens is 1. The van der Waals surface area contributed by atoms with Gasteiger partial charge in [-0.25, -0.2) is 4.79 Å². The molecule has 0 aliphatic heterocycles. The quantitative estimate of drug-likeness (QED) is 0.874. The topological polar surface area (TPSA) is 67.9 Å². The minimum atomic E-state index is -0.483. The maximum atomic E-state index is 11.8. The number of H-pyrrole nitrogens is 1. The Balaban J connectivity index is 2.48. The fraction of sp³-hybridized carbons (Fsp3) is 0.308. The fourth-order valence-electron chi connectivity index (χ4n) is 1.85. The van der Waals surface area contributed by atoms with Crippen molar-refractivity contribution in [2.45, 2.75) is 20.3 Å². The van der Waals surface area contributed by atoms with E-state index in [1.54, 1.807) is 13.0 Å². The van der Waals surface area contributed by atoms with Gasteiger partial charge in [0.2, 0.25) is 0 Å². The van der Waals surface area contributed by atoms with Gasteiger partial charge < -0.3 is 4.74 Å². The molecule has 2 aromatic rings. The second-order valence-corrected chi connectivity index (χ2v) is 4.33. The van der Waals surface area contributed by atoms with Crippen molar-refractivity contribution >= 4 is 17.6 Å². The smallest absolute Gasteiger partial charge is 0.361 e. The van der Waals surface area contributed by atoms with Crippen LogP contribution in [0.5, 0.6) is 0 Å². The second-order valence-electron chi connectivity index (χ2n) is 3.90. The summed E-state index contributed by atoms with van der Waals surface area (Å²) in [4.78, 5) is 11.8. The van der Waals surface area contributed by atoms with E-state index in [9.17, 15) is 4.79 Å². The van der Waals surface area contributed by atoms with E-state index in [0.717, 1.165) is 17.5 Å². The molecule has 0 saturated heterocycles. The number of aromatic amines is 1. The van der Waals surface area contributed by atoms with Crippen LogP contribution in [0.3, 0.4) is 0 Å². The molecule has 0 atom stereocenters. The van der Waals surface area contributed by atoms with Crippen molar-refractivity contribution in [2.24, 2.45) is 0 Å². The lowest BCUT2D eigenvalue weighted by atomic mass is 10.0. The van der Waals surface area contributed by atoms with Crippen LogP contribution in [0.25, 0.3) is 11.3 Å². The summed E-state index contributed by atoms with van der Waals surface area (Å²) in [5.74, 6) is -0.483. The molecule has 0 radical (unpaired) electrons. The largest absolute Gasteiger partial charge is 0.461 e. The lowest BCUT2D eigenvalue weighted by Gasteiger charge is -2.07. The molecule has 0 amide bonds. The first-order valence-electron chi connectivity index (χ1n) is 6.04. The van der Waals surface area contributed by atoms with Crippen LogP contribution in [0.2, 0.25) is 5.02 Å². The van der Waals surface area contributed by atoms with Crippen LogP contribution in [0.15, 0.2) is 18.2 Å². The van der Waals surface area contributed by atoms with Crippen molar-refractivity contribution in [3.63, 3.8) is 0 Å². The summed E-state index contributed by atoms with van der Waals surface area (Å²) in [6.07, 6.45) is 0.783. The average molecular weight is 280 g/mol. The molecule has 2 rings (SSSR count). The van der Waals surface area contributed by atoms with Crippen LogP contribution < -0.4 is 0 Å². The molecule has 0 saturated carbocycles. The zero-order valence-corrected chi connectivity index (χ0v) is 11.5. The van der Waals surface area contributed by atoms with Gasteiger partial charge in [-0.1, -0.05) is 24.6 Å². The lowest BCUT2D eigenvalue weighted by molar-refractivity contribution is 0.0520. The van der Waals surface area contributed by atoms with Gasteiger partial charge in [0.1, 0.15) is 5.69 Å². The molecule has 1 aromatic carbocycles. The number of nitrogens with one attached hydrogen (secondary N) is 1. The molecular weight excluding hydrogens is 266 g/mol. The molecule has 1 aromatic heterocycles. The average Bonchev–Trinajstić information content (AvgIpc) is 2.88. The number of carbonyl (C=O) groups excluding carboxylic acids is 1. The van der Waals surface area contributed by atoms with Gasteiger partial charge in [-0.15, -0.1) is 5.10 Å². The van der Waals surface area contributed by atoms with Gasteiger partial charge in [-0.3, -0.25) is 0 Å². The monoisotopic (exact) mass is 279 g/mol. The molecule has 0 unspecified atom stereocenters. The number of hydrogen-bond donors (Lipinski definition) is 1. The van der Waals surface area contributed by atoms with E-state index >= 15 is 0 Å². The van der Waals surface area contributed by atoms with E-state index in [1.807, 2.05) is 19.1 Å². The number of carbonyl (C=O) groups is 1. The number of nitrogens with zero attached hydrogens (tertiary/aromatic N) is 2. The van der Waals surface area contributed by atoms with Crippen molar-refractivity contribution in [2.75, 3.05) is 6.61 Å². The zero-order valence-electron chi connectivity index (χ0n) is 10.7. The standard InChI is InChI=1S/C13H14ClN3O2/c1-3-8-7-9(14)5-6-10(8)11-12(16-17-15-11)13(18)19-4-2/h5-7H,3-4H2,1-2H3,(H,15,16,17). The van der Waals surface area contributed by atoms with Crippen LogP contribution in [0.4, 0.5) is 0 Å². The molecule has 0 aliphatic carbocycles. The van der Waals surface area contributed by atoms with E-state index < -0.39 is 5.97 Å². The lowest BCUT2D eigenvalue weighted by Crippen LogP contribution is -2.07. The summed E-state index contributed by atoms with van der Waals surface area (Å²) in [6.45, 7) is 4.06. The van der Waals surface area contributed by atoms with Crippen LogP contribution in [-0.4, -0.2) is 28.0 Å². The number of rotatable bonds is 4. The van der Waals surface area contributed by atoms with Crippen LogP contribution in [0.1, 0.15) is 29.9 Å². The third-order valence-electron chi connectivity index (χ3n) is 2.72. The van der Waals surface area contributed by atoms with Crippen LogP contribution in [0, 0.1) is 0 Å². The van der Waals surface area contributed by atoms with Gasteiger partial charge in [0, 0.05) is 10.6 Å².